The van der Waals surface area contributed by atoms with Gasteiger partial charge >= 0.3 is 0 Å². The van der Waals surface area contributed by atoms with Crippen LogP contribution in [0.4, 0.5) is 34.1 Å². The number of hydrogen-bond acceptors (Lipinski definition) is 4. The number of anilines is 6. The van der Waals surface area contributed by atoms with Crippen molar-refractivity contribution in [2.45, 2.75) is 201 Å². The Balaban J connectivity index is 1.22. The molecule has 0 unspecified atom stereocenters. The van der Waals surface area contributed by atoms with Gasteiger partial charge in [0.2, 0.25) is 0 Å². The molecular formula is C71H86BN3S. The lowest BCUT2D eigenvalue weighted by atomic mass is 9.33. The van der Waals surface area contributed by atoms with Crippen molar-refractivity contribution in [3.8, 4) is 10.6 Å². The van der Waals surface area contributed by atoms with Crippen LogP contribution in [-0.2, 0) is 37.9 Å². The third-order valence-corrected chi connectivity index (χ3v) is 20.0. The van der Waals surface area contributed by atoms with Gasteiger partial charge in [-0.2, -0.15) is 0 Å². The zero-order valence-electron chi connectivity index (χ0n) is 49.6. The Hall–Kier alpha value is -5.13. The molecule has 0 atom stereocenters. The van der Waals surface area contributed by atoms with Gasteiger partial charge in [-0.15, -0.1) is 11.3 Å². The van der Waals surface area contributed by atoms with Crippen LogP contribution in [0.5, 0.6) is 0 Å². The molecule has 76 heavy (non-hydrogen) atoms. The summed E-state index contributed by atoms with van der Waals surface area (Å²) < 4.78 is 1.24. The Bertz CT molecular complexity index is 3370. The van der Waals surface area contributed by atoms with Gasteiger partial charge < -0.3 is 9.80 Å². The highest BCUT2D eigenvalue weighted by Crippen LogP contribution is 2.62. The number of benzene rings is 6. The molecule has 6 aromatic carbocycles. The fourth-order valence-corrected chi connectivity index (χ4v) is 15.7. The fourth-order valence-electron chi connectivity index (χ4n) is 14.7. The van der Waals surface area contributed by atoms with Crippen molar-refractivity contribution < 1.29 is 0 Å². The number of fused-ring (bicyclic) bond motifs is 5. The molecule has 0 radical (unpaired) electrons. The first kappa shape index (κ1) is 51.6. The molecule has 13 rings (SSSR count). The maximum atomic E-state index is 5.59. The smallest absolute Gasteiger partial charge is 0.252 e. The fraction of sp³-hybridized carbons (Fsp3) is 0.479. The molecule has 0 amide bonds. The van der Waals surface area contributed by atoms with Crippen LogP contribution >= 0.6 is 11.3 Å². The van der Waals surface area contributed by atoms with Crippen molar-refractivity contribution in [1.29, 1.82) is 0 Å². The van der Waals surface area contributed by atoms with Crippen molar-refractivity contribution in [1.82, 2.24) is 4.98 Å². The third kappa shape index (κ3) is 8.71. The summed E-state index contributed by atoms with van der Waals surface area (Å²) in [6.07, 6.45) is 8.19. The second-order valence-corrected chi connectivity index (χ2v) is 32.0. The van der Waals surface area contributed by atoms with Gasteiger partial charge in [-0.25, -0.2) is 4.98 Å². The minimum Gasteiger partial charge on any atom is -0.311 e. The molecule has 2 aliphatic heterocycles. The highest BCUT2D eigenvalue weighted by Gasteiger charge is 2.53. The van der Waals surface area contributed by atoms with E-state index in [9.17, 15) is 0 Å². The van der Waals surface area contributed by atoms with E-state index in [-0.39, 0.29) is 44.6 Å². The minimum absolute atomic E-state index is 0.00278. The van der Waals surface area contributed by atoms with E-state index in [4.69, 9.17) is 4.98 Å². The lowest BCUT2D eigenvalue weighted by molar-refractivity contribution is -0.00514. The highest BCUT2D eigenvalue weighted by atomic mass is 32.1. The second-order valence-electron chi connectivity index (χ2n) is 31.0. The molecule has 4 bridgehead atoms. The van der Waals surface area contributed by atoms with Crippen LogP contribution in [0.3, 0.4) is 0 Å². The van der Waals surface area contributed by atoms with E-state index < -0.39 is 0 Å². The molecular weight excluding hydrogens is 938 g/mol. The first-order chi connectivity index (χ1) is 35.3. The average Bonchev–Trinajstić information content (AvgIpc) is 3.88. The van der Waals surface area contributed by atoms with Crippen LogP contribution in [0, 0.1) is 17.8 Å². The van der Waals surface area contributed by atoms with Crippen molar-refractivity contribution in [3.63, 3.8) is 0 Å². The molecule has 1 aromatic heterocycles. The first-order valence-corrected chi connectivity index (χ1v) is 29.9. The van der Waals surface area contributed by atoms with E-state index in [0.717, 1.165) is 28.3 Å². The van der Waals surface area contributed by atoms with Gasteiger partial charge in [-0.1, -0.05) is 173 Å². The van der Waals surface area contributed by atoms with E-state index in [1.807, 2.05) is 11.3 Å². The molecule has 394 valence electrons. The van der Waals surface area contributed by atoms with Gasteiger partial charge in [0.15, 0.2) is 0 Å². The van der Waals surface area contributed by atoms with Crippen LogP contribution in [0.2, 0.25) is 0 Å². The molecule has 0 saturated heterocycles. The van der Waals surface area contributed by atoms with Crippen LogP contribution in [-0.4, -0.2) is 11.7 Å². The Morgan fingerprint density at radius 2 is 0.855 bits per heavy atom. The molecule has 3 nitrogen and oxygen atoms in total. The monoisotopic (exact) mass is 1020 g/mol. The second kappa shape index (κ2) is 16.9. The van der Waals surface area contributed by atoms with E-state index in [0.29, 0.717) is 0 Å². The van der Waals surface area contributed by atoms with E-state index in [2.05, 4.69) is 238 Å². The van der Waals surface area contributed by atoms with Gasteiger partial charge in [-0.3, -0.25) is 0 Å². The zero-order valence-corrected chi connectivity index (χ0v) is 50.4. The summed E-state index contributed by atoms with van der Waals surface area (Å²) in [5.74, 6) is 2.47. The minimum atomic E-state index is -0.0597. The van der Waals surface area contributed by atoms with Crippen molar-refractivity contribution in [3.05, 3.63) is 142 Å². The first-order valence-electron chi connectivity index (χ1n) is 29.1. The standard InChI is InChI=1S/C71H86BN3S/c1-65(2,3)46-21-19-45(20-22-46)64-73-57-38-59-56(37-62(57)76-64)72-55-34-47(66(4,5)6)23-24-58(55)74(53-30-48(67(7,8)9)28-49(31-53)68(10,11)12)60-35-52(71-39-42-25-43(40-71)27-44(26-42)41-71)36-61(63(60)72)75(59)54-32-50(69(13,14)15)29-51(33-54)70(16,17)18/h19-24,28-38,42-44H,25-27,39-41H2,1-18H3. The molecule has 4 fully saturated rings. The lowest BCUT2D eigenvalue weighted by Crippen LogP contribution is -2.61. The molecule has 5 heteroatoms. The summed E-state index contributed by atoms with van der Waals surface area (Å²) in [7, 11) is 0. The normalized spacial score (nSPS) is 21.3. The molecule has 4 saturated carbocycles. The van der Waals surface area contributed by atoms with Crippen molar-refractivity contribution >= 4 is 78.8 Å². The zero-order chi connectivity index (χ0) is 54.2. The maximum Gasteiger partial charge on any atom is 0.252 e. The number of aromatic nitrogens is 1. The molecule has 3 heterocycles. The number of hydrogen-bond donors (Lipinski definition) is 0. The van der Waals surface area contributed by atoms with Crippen molar-refractivity contribution in [2.24, 2.45) is 17.8 Å². The summed E-state index contributed by atoms with van der Waals surface area (Å²) in [4.78, 5) is 11.1. The van der Waals surface area contributed by atoms with Gasteiger partial charge in [-0.05, 0) is 204 Å². The quantitative estimate of drug-likeness (QED) is 0.164. The summed E-state index contributed by atoms with van der Waals surface area (Å²) in [5.41, 5.74) is 24.0. The molecule has 4 aliphatic carbocycles. The summed E-state index contributed by atoms with van der Waals surface area (Å²) in [5, 5.41) is 1.08. The van der Waals surface area contributed by atoms with E-state index >= 15 is 0 Å². The SMILES string of the molecule is CC(C)(C)c1ccc(-c2nc3cc4c(cc3s2)B2c3cc(C(C)(C)C)ccc3N(c3cc(C(C)(C)C)cc(C(C)(C)C)c3)c3cc(C56CC7CC(CC(C7)C5)C6)cc(c32)N4c2cc(C(C)(C)C)cc(C(C)(C)C)c2)cc1. The average molecular weight is 1020 g/mol. The predicted molar refractivity (Wildman–Crippen MR) is 331 cm³/mol. The van der Waals surface area contributed by atoms with Gasteiger partial charge in [0.05, 0.1) is 10.2 Å². The van der Waals surface area contributed by atoms with Crippen molar-refractivity contribution in [2.75, 3.05) is 9.80 Å². The van der Waals surface area contributed by atoms with E-state index in [1.165, 1.54) is 133 Å². The molecule has 0 spiro atoms. The van der Waals surface area contributed by atoms with E-state index in [1.54, 1.807) is 5.56 Å². The third-order valence-electron chi connectivity index (χ3n) is 18.9. The Kier molecular flexibility index (Phi) is 11.5. The Labute approximate surface area is 462 Å². The van der Waals surface area contributed by atoms with Gasteiger partial charge in [0.1, 0.15) is 5.01 Å². The predicted octanol–water partition coefficient (Wildman–Crippen LogP) is 18.3. The topological polar surface area (TPSA) is 19.4 Å². The molecule has 6 aliphatic rings. The summed E-state index contributed by atoms with van der Waals surface area (Å²) in [6, 6.07) is 42.6. The van der Waals surface area contributed by atoms with Crippen LogP contribution in [0.25, 0.3) is 20.8 Å². The number of nitrogens with zero attached hydrogens (tertiary/aromatic N) is 3. The largest absolute Gasteiger partial charge is 0.311 e. The van der Waals surface area contributed by atoms with Crippen LogP contribution < -0.4 is 26.2 Å². The Morgan fingerprint density at radius 1 is 0.434 bits per heavy atom. The highest BCUT2D eigenvalue weighted by molar-refractivity contribution is 7.21. The Morgan fingerprint density at radius 3 is 1.30 bits per heavy atom. The maximum absolute atomic E-state index is 5.59. The lowest BCUT2D eigenvalue weighted by Gasteiger charge is -2.57. The van der Waals surface area contributed by atoms with Gasteiger partial charge in [0.25, 0.3) is 6.71 Å². The number of rotatable bonds is 4. The van der Waals surface area contributed by atoms with Gasteiger partial charge in [0, 0.05) is 39.7 Å². The molecule has 0 N–H and O–H groups in total. The molecule has 7 aromatic rings. The van der Waals surface area contributed by atoms with Crippen LogP contribution in [0.15, 0.2) is 103 Å². The number of thiazole rings is 1. The summed E-state index contributed by atoms with van der Waals surface area (Å²) >= 11 is 1.85. The van der Waals surface area contributed by atoms with Crippen LogP contribution in [0.1, 0.15) is 202 Å². The summed E-state index contributed by atoms with van der Waals surface area (Å²) in [6.45, 7) is 42.7.